The van der Waals surface area contributed by atoms with Gasteiger partial charge in [-0.3, -0.25) is 4.79 Å². The van der Waals surface area contributed by atoms with Crippen molar-refractivity contribution in [2.75, 3.05) is 32.3 Å². The number of rotatable bonds is 8. The number of ketones is 1. The number of carbonyl (C=O) groups excluding carboxylic acids is 2. The van der Waals surface area contributed by atoms with Gasteiger partial charge in [0.25, 0.3) is 5.78 Å². The molecule has 8 nitrogen and oxygen atoms in total. The second-order valence-corrected chi connectivity index (χ2v) is 7.00. The van der Waals surface area contributed by atoms with E-state index in [4.69, 9.17) is 14.2 Å². The predicted octanol–water partition coefficient (Wildman–Crippen LogP) is 3.00. The predicted molar refractivity (Wildman–Crippen MR) is 115 cm³/mol. The summed E-state index contributed by atoms with van der Waals surface area (Å²) in [5.74, 6) is -0.377. The molecule has 1 atom stereocenters. The van der Waals surface area contributed by atoms with Crippen molar-refractivity contribution in [1.82, 2.24) is 0 Å². The van der Waals surface area contributed by atoms with Crippen LogP contribution in [-0.2, 0) is 20.7 Å². The highest BCUT2D eigenvalue weighted by Crippen LogP contribution is 2.41. The van der Waals surface area contributed by atoms with Crippen molar-refractivity contribution in [1.29, 1.82) is 0 Å². The molecule has 1 aliphatic rings. The van der Waals surface area contributed by atoms with Gasteiger partial charge in [0.15, 0.2) is 11.5 Å². The van der Waals surface area contributed by atoms with Gasteiger partial charge in [0.05, 0.1) is 26.9 Å². The number of para-hydroxylation sites is 1. The Bertz CT molecular complexity index is 1020. The van der Waals surface area contributed by atoms with Gasteiger partial charge in [-0.15, -0.1) is 0 Å². The summed E-state index contributed by atoms with van der Waals surface area (Å²) in [6.45, 7) is 2.35. The van der Waals surface area contributed by atoms with Crippen LogP contribution in [0.3, 0.4) is 0 Å². The molecule has 2 aromatic rings. The van der Waals surface area contributed by atoms with E-state index in [1.54, 1.807) is 21.1 Å². The summed E-state index contributed by atoms with van der Waals surface area (Å²) in [6.07, 6.45) is 0.670. The molecule has 2 aromatic carbocycles. The Kier molecular flexibility index (Phi) is 7.05. The zero-order chi connectivity index (χ0) is 22.4. The van der Waals surface area contributed by atoms with Crippen molar-refractivity contribution >= 4 is 23.2 Å². The fourth-order valence-electron chi connectivity index (χ4n) is 3.86. The minimum absolute atomic E-state index is 0.0738. The normalized spacial score (nSPS) is 14.8. The van der Waals surface area contributed by atoms with Crippen molar-refractivity contribution < 1.29 is 28.6 Å². The molecular weight excluding hydrogens is 398 g/mol. The Morgan fingerprint density at radius 2 is 1.81 bits per heavy atom. The number of esters is 1. The van der Waals surface area contributed by atoms with Gasteiger partial charge in [-0.2, -0.15) is 4.79 Å². The lowest BCUT2D eigenvalue weighted by Gasteiger charge is -2.39. The average molecular weight is 423 g/mol. The number of benzene rings is 2. The van der Waals surface area contributed by atoms with E-state index in [0.717, 1.165) is 23.2 Å². The number of Topliss-reactive ketones (excluding diaryl/α,β-unsaturated/α-hetero) is 1. The first kappa shape index (κ1) is 22.1. The Labute approximate surface area is 181 Å². The average Bonchev–Trinajstić information content (AvgIpc) is 2.79. The zero-order valence-electron chi connectivity index (χ0n) is 17.8. The summed E-state index contributed by atoms with van der Waals surface area (Å²) in [5, 5.41) is 0. The standard InChI is InChI=1S/C23H25N3O5/c1-4-31-23(28)22(25-24)19(27)14-18-17-13-21(30-3)20(29-2)12-15(17)10-11-26(18)16-8-6-5-7-9-16/h5-9,12-13,18H,4,10-11,14H2,1-3H3. The quantitative estimate of drug-likeness (QED) is 0.213. The number of carbonyl (C=O) groups is 2. The molecule has 31 heavy (non-hydrogen) atoms. The molecule has 1 unspecified atom stereocenters. The van der Waals surface area contributed by atoms with Crippen molar-refractivity contribution in [2.45, 2.75) is 25.8 Å². The minimum atomic E-state index is -0.940. The maximum absolute atomic E-state index is 12.9. The van der Waals surface area contributed by atoms with E-state index in [9.17, 15) is 15.1 Å². The number of anilines is 1. The summed E-state index contributed by atoms with van der Waals surface area (Å²) in [4.78, 5) is 30.0. The van der Waals surface area contributed by atoms with Crippen LogP contribution in [-0.4, -0.2) is 49.6 Å². The Morgan fingerprint density at radius 1 is 1.13 bits per heavy atom. The summed E-state index contributed by atoms with van der Waals surface area (Å²) in [7, 11) is 3.13. The first-order valence-corrected chi connectivity index (χ1v) is 10.0. The van der Waals surface area contributed by atoms with Crippen LogP contribution >= 0.6 is 0 Å². The molecule has 0 saturated carbocycles. The van der Waals surface area contributed by atoms with Crippen molar-refractivity contribution in [2.24, 2.45) is 0 Å². The smallest absolute Gasteiger partial charge is 0.441 e. The van der Waals surface area contributed by atoms with Gasteiger partial charge in [-0.1, -0.05) is 18.2 Å². The third-order valence-corrected chi connectivity index (χ3v) is 5.30. The van der Waals surface area contributed by atoms with Crippen molar-refractivity contribution in [3.05, 3.63) is 59.1 Å². The lowest BCUT2D eigenvalue weighted by Crippen LogP contribution is -2.39. The molecule has 1 heterocycles. The highest BCUT2D eigenvalue weighted by molar-refractivity contribution is 6.62. The molecule has 3 rings (SSSR count). The van der Waals surface area contributed by atoms with Crippen molar-refractivity contribution in [3.8, 4) is 11.5 Å². The van der Waals surface area contributed by atoms with Crippen LogP contribution in [0.1, 0.15) is 30.5 Å². The Morgan fingerprint density at radius 3 is 2.42 bits per heavy atom. The fourth-order valence-corrected chi connectivity index (χ4v) is 3.86. The Hall–Kier alpha value is -3.64. The van der Waals surface area contributed by atoms with E-state index < -0.39 is 23.5 Å². The van der Waals surface area contributed by atoms with Crippen molar-refractivity contribution in [3.63, 3.8) is 0 Å². The van der Waals surface area contributed by atoms with Gasteiger partial charge in [0.1, 0.15) is 0 Å². The van der Waals surface area contributed by atoms with Crippen LogP contribution in [0, 0.1) is 0 Å². The highest BCUT2D eigenvalue weighted by atomic mass is 16.5. The summed E-state index contributed by atoms with van der Waals surface area (Å²) in [5.41, 5.74) is 11.5. The molecule has 0 N–H and O–H groups in total. The number of methoxy groups -OCH3 is 2. The molecular formula is C23H25N3O5. The second-order valence-electron chi connectivity index (χ2n) is 7.00. The van der Waals surface area contributed by atoms with Crippen LogP contribution in [0.5, 0.6) is 11.5 Å². The number of hydrogen-bond donors (Lipinski definition) is 0. The first-order valence-electron chi connectivity index (χ1n) is 10.0. The molecule has 0 amide bonds. The van der Waals surface area contributed by atoms with Gasteiger partial charge in [-0.05, 0) is 48.7 Å². The first-order chi connectivity index (χ1) is 15.0. The third-order valence-electron chi connectivity index (χ3n) is 5.30. The maximum atomic E-state index is 12.9. The SMILES string of the molecule is CCOC(=O)C(=[N+]=[N-])C(=O)CC1c2cc(OC)c(OC)cc2CCN1c1ccccc1. The number of hydrogen-bond acceptors (Lipinski definition) is 6. The van der Waals surface area contributed by atoms with Crippen LogP contribution in [0.15, 0.2) is 42.5 Å². The zero-order valence-corrected chi connectivity index (χ0v) is 17.8. The molecule has 0 aliphatic carbocycles. The lowest BCUT2D eigenvalue weighted by atomic mass is 9.88. The number of fused-ring (bicyclic) bond motifs is 1. The van der Waals surface area contributed by atoms with Gasteiger partial charge in [0, 0.05) is 18.7 Å². The molecule has 0 spiro atoms. The number of nitrogens with zero attached hydrogens (tertiary/aromatic N) is 3. The van der Waals surface area contributed by atoms with E-state index in [1.165, 1.54) is 0 Å². The Balaban J connectivity index is 2.04. The summed E-state index contributed by atoms with van der Waals surface area (Å²) < 4.78 is 15.7. The van der Waals surface area contributed by atoms with Gasteiger partial charge in [-0.25, -0.2) is 4.79 Å². The van der Waals surface area contributed by atoms with E-state index in [-0.39, 0.29) is 13.0 Å². The van der Waals surface area contributed by atoms with E-state index in [0.29, 0.717) is 18.0 Å². The van der Waals surface area contributed by atoms with E-state index >= 15 is 0 Å². The van der Waals surface area contributed by atoms with Gasteiger partial charge >= 0.3 is 11.7 Å². The fraction of sp³-hybridized carbons (Fsp3) is 0.348. The van der Waals surface area contributed by atoms with Crippen LogP contribution in [0.25, 0.3) is 5.53 Å². The largest absolute Gasteiger partial charge is 0.493 e. The minimum Gasteiger partial charge on any atom is -0.493 e. The summed E-state index contributed by atoms with van der Waals surface area (Å²) in [6, 6.07) is 13.1. The molecule has 0 fully saturated rings. The van der Waals surface area contributed by atoms with Crippen LogP contribution < -0.4 is 14.4 Å². The molecule has 0 bridgehead atoms. The summed E-state index contributed by atoms with van der Waals surface area (Å²) >= 11 is 0. The lowest BCUT2D eigenvalue weighted by molar-refractivity contribution is -0.141. The monoisotopic (exact) mass is 423 g/mol. The second kappa shape index (κ2) is 9.91. The van der Waals surface area contributed by atoms with E-state index in [2.05, 4.69) is 9.69 Å². The molecule has 0 aromatic heterocycles. The molecule has 8 heteroatoms. The molecule has 162 valence electrons. The maximum Gasteiger partial charge on any atom is 0.441 e. The van der Waals surface area contributed by atoms with Gasteiger partial charge in [0.2, 0.25) is 0 Å². The number of ether oxygens (including phenoxy) is 3. The van der Waals surface area contributed by atoms with Crippen LogP contribution in [0.4, 0.5) is 5.69 Å². The van der Waals surface area contributed by atoms with E-state index in [1.807, 2.05) is 42.5 Å². The topological polar surface area (TPSA) is 101 Å². The highest BCUT2D eigenvalue weighted by Gasteiger charge is 2.37. The van der Waals surface area contributed by atoms with Crippen LogP contribution in [0.2, 0.25) is 0 Å². The molecule has 0 saturated heterocycles. The molecule has 0 radical (unpaired) electrons. The molecule has 1 aliphatic heterocycles. The third kappa shape index (κ3) is 4.59. The van der Waals surface area contributed by atoms with Gasteiger partial charge < -0.3 is 24.6 Å².